The number of methoxy groups -OCH3 is 1. The summed E-state index contributed by atoms with van der Waals surface area (Å²) in [4.78, 5) is 0. The van der Waals surface area contributed by atoms with E-state index in [-0.39, 0.29) is 11.3 Å². The second-order valence-corrected chi connectivity index (χ2v) is 3.39. The van der Waals surface area contributed by atoms with E-state index in [4.69, 9.17) is 15.6 Å². The zero-order valence-electron chi connectivity index (χ0n) is 8.80. The first kappa shape index (κ1) is 12.6. The average Bonchev–Trinajstić information content (AvgIpc) is 2.19. The van der Waals surface area contributed by atoms with Crippen molar-refractivity contribution < 1.29 is 23.0 Å². The van der Waals surface area contributed by atoms with E-state index in [0.717, 1.165) is 0 Å². The average molecular weight is 235 g/mol. The lowest BCUT2D eigenvalue weighted by molar-refractivity contribution is -0.207. The Labute approximate surface area is 90.6 Å². The van der Waals surface area contributed by atoms with Crippen molar-refractivity contribution in [1.29, 1.82) is 0 Å². The number of aliphatic hydroxyl groups is 1. The molecular weight excluding hydrogens is 223 g/mol. The summed E-state index contributed by atoms with van der Waals surface area (Å²) in [6.07, 6.45) is -7.29. The molecule has 0 spiro atoms. The minimum absolute atomic E-state index is 0.0760. The molecule has 0 amide bonds. The number of ether oxygens (including phenoxy) is 1. The first-order chi connectivity index (χ1) is 7.27. The van der Waals surface area contributed by atoms with Crippen molar-refractivity contribution in [2.45, 2.75) is 19.2 Å². The van der Waals surface area contributed by atoms with E-state index in [9.17, 15) is 13.2 Å². The third-order valence-electron chi connectivity index (χ3n) is 2.22. The molecule has 0 aliphatic rings. The number of benzene rings is 1. The van der Waals surface area contributed by atoms with Gasteiger partial charge in [-0.2, -0.15) is 13.2 Å². The van der Waals surface area contributed by atoms with Gasteiger partial charge in [0.1, 0.15) is 5.75 Å². The smallest absolute Gasteiger partial charge is 0.418 e. The van der Waals surface area contributed by atoms with Crippen LogP contribution in [0.25, 0.3) is 0 Å². The molecule has 3 N–H and O–H groups in total. The highest BCUT2D eigenvalue weighted by atomic mass is 19.4. The number of anilines is 1. The molecule has 1 aromatic rings. The summed E-state index contributed by atoms with van der Waals surface area (Å²) in [5.41, 5.74) is 5.97. The molecule has 1 atom stereocenters. The van der Waals surface area contributed by atoms with Crippen molar-refractivity contribution in [3.63, 3.8) is 0 Å². The number of hydrogen-bond donors (Lipinski definition) is 2. The van der Waals surface area contributed by atoms with E-state index in [0.29, 0.717) is 11.3 Å². The van der Waals surface area contributed by atoms with Crippen LogP contribution in [-0.2, 0) is 0 Å². The number of rotatable bonds is 2. The Morgan fingerprint density at radius 2 is 1.94 bits per heavy atom. The highest BCUT2D eigenvalue weighted by Gasteiger charge is 2.41. The molecule has 6 heteroatoms. The number of nitrogen functional groups attached to an aromatic ring is 1. The molecule has 0 radical (unpaired) electrons. The number of aryl methyl sites for hydroxylation is 1. The second-order valence-electron chi connectivity index (χ2n) is 3.39. The Hall–Kier alpha value is -1.43. The van der Waals surface area contributed by atoms with Crippen molar-refractivity contribution in [1.82, 2.24) is 0 Å². The van der Waals surface area contributed by atoms with Crippen LogP contribution in [0.3, 0.4) is 0 Å². The summed E-state index contributed by atoms with van der Waals surface area (Å²) in [5.74, 6) is -0.0760. The first-order valence-electron chi connectivity index (χ1n) is 4.46. The maximum Gasteiger partial charge on any atom is 0.418 e. The molecule has 1 unspecified atom stereocenters. The maximum absolute atomic E-state index is 12.3. The van der Waals surface area contributed by atoms with Gasteiger partial charge in [0.2, 0.25) is 0 Å². The fourth-order valence-electron chi connectivity index (χ4n) is 1.29. The predicted octanol–water partition coefficient (Wildman–Crippen LogP) is 2.18. The van der Waals surface area contributed by atoms with E-state index in [1.165, 1.54) is 19.2 Å². The van der Waals surface area contributed by atoms with Crippen molar-refractivity contribution in [3.05, 3.63) is 23.3 Å². The van der Waals surface area contributed by atoms with Crippen LogP contribution in [0.4, 0.5) is 18.9 Å². The molecule has 0 aliphatic carbocycles. The van der Waals surface area contributed by atoms with Crippen LogP contribution >= 0.6 is 0 Å². The van der Waals surface area contributed by atoms with Crippen LogP contribution in [0.2, 0.25) is 0 Å². The van der Waals surface area contributed by atoms with Gasteiger partial charge < -0.3 is 15.6 Å². The maximum atomic E-state index is 12.3. The highest BCUT2D eigenvalue weighted by Crippen LogP contribution is 2.38. The molecular formula is C10H12F3NO2. The highest BCUT2D eigenvalue weighted by molar-refractivity contribution is 5.55. The Kier molecular flexibility index (Phi) is 3.32. The van der Waals surface area contributed by atoms with Crippen molar-refractivity contribution in [2.75, 3.05) is 12.8 Å². The molecule has 0 saturated carbocycles. The van der Waals surface area contributed by atoms with Crippen LogP contribution in [0.5, 0.6) is 5.75 Å². The Balaban J connectivity index is 3.27. The minimum atomic E-state index is -4.73. The number of aliphatic hydroxyl groups excluding tert-OH is 1. The van der Waals surface area contributed by atoms with Crippen LogP contribution in [0.1, 0.15) is 17.2 Å². The summed E-state index contributed by atoms with van der Waals surface area (Å²) < 4.78 is 41.8. The Morgan fingerprint density at radius 3 is 2.38 bits per heavy atom. The predicted molar refractivity (Wildman–Crippen MR) is 53.2 cm³/mol. The topological polar surface area (TPSA) is 55.5 Å². The Morgan fingerprint density at radius 1 is 1.38 bits per heavy atom. The van der Waals surface area contributed by atoms with Gasteiger partial charge in [0, 0.05) is 17.3 Å². The fraction of sp³-hybridized carbons (Fsp3) is 0.400. The molecule has 0 fully saturated rings. The van der Waals surface area contributed by atoms with Crippen LogP contribution < -0.4 is 10.5 Å². The second kappa shape index (κ2) is 4.21. The molecule has 0 aromatic heterocycles. The van der Waals surface area contributed by atoms with Crippen LogP contribution in [0, 0.1) is 6.92 Å². The van der Waals surface area contributed by atoms with Gasteiger partial charge in [-0.3, -0.25) is 0 Å². The molecule has 0 aliphatic heterocycles. The molecule has 0 bridgehead atoms. The number of hydrogen-bond acceptors (Lipinski definition) is 3. The van der Waals surface area contributed by atoms with E-state index in [1.54, 1.807) is 6.92 Å². The number of halogens is 3. The molecule has 1 aromatic carbocycles. The van der Waals surface area contributed by atoms with Gasteiger partial charge in [-0.05, 0) is 18.6 Å². The molecule has 16 heavy (non-hydrogen) atoms. The lowest BCUT2D eigenvalue weighted by Gasteiger charge is -2.18. The molecule has 3 nitrogen and oxygen atoms in total. The quantitative estimate of drug-likeness (QED) is 0.772. The summed E-state index contributed by atoms with van der Waals surface area (Å²) in [6.45, 7) is 1.56. The minimum Gasteiger partial charge on any atom is -0.496 e. The third-order valence-corrected chi connectivity index (χ3v) is 2.22. The fourth-order valence-corrected chi connectivity index (χ4v) is 1.29. The zero-order valence-corrected chi connectivity index (χ0v) is 8.80. The lowest BCUT2D eigenvalue weighted by atomic mass is 10.0. The summed E-state index contributed by atoms with van der Waals surface area (Å²) in [6, 6.07) is 2.44. The van der Waals surface area contributed by atoms with Crippen LogP contribution in [0.15, 0.2) is 12.1 Å². The molecule has 90 valence electrons. The van der Waals surface area contributed by atoms with Gasteiger partial charge in [0.25, 0.3) is 0 Å². The number of alkyl halides is 3. The standard InChI is InChI=1S/C10H12F3NO2/c1-5-3-6(9(15)10(11,12)13)8(16-2)4-7(5)14/h3-4,9,15H,14H2,1-2H3. The summed E-state index contributed by atoms with van der Waals surface area (Å²) >= 11 is 0. The SMILES string of the molecule is COc1cc(N)c(C)cc1C(O)C(F)(F)F. The molecule has 1 rings (SSSR count). The van der Waals surface area contributed by atoms with Gasteiger partial charge in [-0.25, -0.2) is 0 Å². The third kappa shape index (κ3) is 2.38. The largest absolute Gasteiger partial charge is 0.496 e. The van der Waals surface area contributed by atoms with Gasteiger partial charge in [-0.15, -0.1) is 0 Å². The van der Waals surface area contributed by atoms with Crippen molar-refractivity contribution in [2.24, 2.45) is 0 Å². The number of nitrogens with two attached hydrogens (primary N) is 1. The van der Waals surface area contributed by atoms with E-state index in [2.05, 4.69) is 0 Å². The molecule has 0 heterocycles. The van der Waals surface area contributed by atoms with Gasteiger partial charge in [0.05, 0.1) is 7.11 Å². The van der Waals surface area contributed by atoms with E-state index >= 15 is 0 Å². The molecule has 0 saturated heterocycles. The van der Waals surface area contributed by atoms with E-state index in [1.807, 2.05) is 0 Å². The van der Waals surface area contributed by atoms with Gasteiger partial charge >= 0.3 is 6.18 Å². The van der Waals surface area contributed by atoms with Crippen LogP contribution in [-0.4, -0.2) is 18.4 Å². The van der Waals surface area contributed by atoms with Gasteiger partial charge in [0.15, 0.2) is 6.10 Å². The van der Waals surface area contributed by atoms with Gasteiger partial charge in [-0.1, -0.05) is 0 Å². The first-order valence-corrected chi connectivity index (χ1v) is 4.46. The van der Waals surface area contributed by atoms with E-state index < -0.39 is 12.3 Å². The normalized spacial score (nSPS) is 13.6. The summed E-state index contributed by atoms with van der Waals surface area (Å²) in [5, 5.41) is 9.14. The van der Waals surface area contributed by atoms with Crippen molar-refractivity contribution >= 4 is 5.69 Å². The zero-order chi connectivity index (χ0) is 12.5. The Bertz CT molecular complexity index is 390. The lowest BCUT2D eigenvalue weighted by Crippen LogP contribution is -2.21. The summed E-state index contributed by atoms with van der Waals surface area (Å²) in [7, 11) is 1.22. The van der Waals surface area contributed by atoms with Crippen molar-refractivity contribution in [3.8, 4) is 5.75 Å². The monoisotopic (exact) mass is 235 g/mol.